The number of hydrogen-bond donors (Lipinski definition) is 2. The molecule has 1 amide bonds. The molecule has 1 aliphatic rings. The van der Waals surface area contributed by atoms with Crippen LogP contribution < -0.4 is 5.32 Å². The molecular weight excluding hydrogens is 345 g/mol. The van der Waals surface area contributed by atoms with E-state index >= 15 is 0 Å². The predicted molar refractivity (Wildman–Crippen MR) is 76.6 cm³/mol. The van der Waals surface area contributed by atoms with Crippen molar-refractivity contribution in [3.05, 3.63) is 34.1 Å². The highest BCUT2D eigenvalue weighted by atomic mass is 79.9. The number of nitrogens with one attached hydrogen (secondary N) is 1. The molecule has 0 aliphatic carbocycles. The van der Waals surface area contributed by atoms with Crippen LogP contribution in [-0.2, 0) is 9.53 Å². The molecule has 0 atom stereocenters. The number of amides is 1. The maximum Gasteiger partial charge on any atom is 0.311 e. The van der Waals surface area contributed by atoms with Gasteiger partial charge in [-0.1, -0.05) is 0 Å². The minimum atomic E-state index is -1.000. The van der Waals surface area contributed by atoms with Crippen LogP contribution in [0.25, 0.3) is 0 Å². The molecule has 0 unspecified atom stereocenters. The van der Waals surface area contributed by atoms with Crippen LogP contribution in [0.2, 0.25) is 0 Å². The summed E-state index contributed by atoms with van der Waals surface area (Å²) in [5, 5.41) is 12.0. The maximum absolute atomic E-state index is 13.0. The fourth-order valence-electron chi connectivity index (χ4n) is 2.25. The molecule has 2 N–H and O–H groups in total. The summed E-state index contributed by atoms with van der Waals surface area (Å²) in [4.78, 5) is 23.6. The molecule has 1 aromatic carbocycles. The number of halogens is 2. The largest absolute Gasteiger partial charge is 0.481 e. The average Bonchev–Trinajstić information content (AvgIpc) is 2.45. The number of rotatable bonds is 4. The molecule has 21 heavy (non-hydrogen) atoms. The van der Waals surface area contributed by atoms with Crippen LogP contribution >= 0.6 is 15.9 Å². The van der Waals surface area contributed by atoms with Crippen LogP contribution in [0.5, 0.6) is 0 Å². The third-order valence-electron chi connectivity index (χ3n) is 3.67. The molecule has 2 rings (SSSR count). The van der Waals surface area contributed by atoms with Gasteiger partial charge in [0.15, 0.2) is 0 Å². The summed E-state index contributed by atoms with van der Waals surface area (Å²) in [5.74, 6) is -1.83. The number of carboxylic acids is 1. The van der Waals surface area contributed by atoms with Crippen molar-refractivity contribution >= 4 is 27.8 Å². The van der Waals surface area contributed by atoms with Crippen molar-refractivity contribution < 1.29 is 23.8 Å². The van der Waals surface area contributed by atoms with Crippen LogP contribution in [0.3, 0.4) is 0 Å². The zero-order valence-electron chi connectivity index (χ0n) is 11.2. The van der Waals surface area contributed by atoms with E-state index in [0.717, 1.165) is 0 Å². The number of benzene rings is 1. The van der Waals surface area contributed by atoms with Crippen molar-refractivity contribution in [1.29, 1.82) is 0 Å². The van der Waals surface area contributed by atoms with Gasteiger partial charge in [-0.05, 0) is 47.0 Å². The molecule has 0 bridgehead atoms. The molecule has 1 aliphatic heterocycles. The van der Waals surface area contributed by atoms with Gasteiger partial charge in [-0.15, -0.1) is 0 Å². The van der Waals surface area contributed by atoms with Crippen molar-refractivity contribution in [2.24, 2.45) is 5.41 Å². The Labute approximate surface area is 129 Å². The van der Waals surface area contributed by atoms with Gasteiger partial charge in [-0.3, -0.25) is 9.59 Å². The van der Waals surface area contributed by atoms with Crippen LogP contribution in [0, 0.1) is 11.2 Å². The lowest BCUT2D eigenvalue weighted by atomic mass is 9.80. The minimum absolute atomic E-state index is 0.0222. The van der Waals surface area contributed by atoms with Gasteiger partial charge in [-0.25, -0.2) is 4.39 Å². The van der Waals surface area contributed by atoms with E-state index in [1.807, 2.05) is 0 Å². The standard InChI is InChI=1S/C14H15BrFNO4/c15-11-7-9(16)1-2-10(11)12(18)17-8-14(13(19)20)3-5-21-6-4-14/h1-2,7H,3-6,8H2,(H,17,18)(H,19,20). The smallest absolute Gasteiger partial charge is 0.311 e. The molecule has 0 radical (unpaired) electrons. The Bertz CT molecular complexity index is 558. The molecule has 114 valence electrons. The number of carbonyl (C=O) groups excluding carboxylic acids is 1. The van der Waals surface area contributed by atoms with E-state index in [1.165, 1.54) is 18.2 Å². The van der Waals surface area contributed by atoms with Gasteiger partial charge in [0.25, 0.3) is 5.91 Å². The first-order valence-corrected chi connectivity index (χ1v) is 7.28. The number of carboxylic acid groups (broad SMARTS) is 1. The van der Waals surface area contributed by atoms with Crippen molar-refractivity contribution in [3.63, 3.8) is 0 Å². The Kier molecular flexibility index (Phi) is 4.95. The molecular formula is C14H15BrFNO4. The third-order valence-corrected chi connectivity index (χ3v) is 4.32. The molecule has 0 spiro atoms. The predicted octanol–water partition coefficient (Wildman–Crippen LogP) is 2.20. The van der Waals surface area contributed by atoms with Gasteiger partial charge in [0, 0.05) is 24.2 Å². The molecule has 0 aromatic heterocycles. The summed E-state index contributed by atoms with van der Waals surface area (Å²) in [7, 11) is 0. The van der Waals surface area contributed by atoms with Gasteiger partial charge >= 0.3 is 5.97 Å². The molecule has 5 nitrogen and oxygen atoms in total. The Morgan fingerprint density at radius 2 is 2.05 bits per heavy atom. The van der Waals surface area contributed by atoms with E-state index in [1.54, 1.807) is 0 Å². The monoisotopic (exact) mass is 359 g/mol. The summed E-state index contributed by atoms with van der Waals surface area (Å²) in [6, 6.07) is 3.73. The number of carbonyl (C=O) groups is 2. The number of hydrogen-bond acceptors (Lipinski definition) is 3. The lowest BCUT2D eigenvalue weighted by Crippen LogP contribution is -2.46. The zero-order chi connectivity index (χ0) is 15.5. The second kappa shape index (κ2) is 6.53. The lowest BCUT2D eigenvalue weighted by molar-refractivity contribution is -0.154. The summed E-state index contributed by atoms with van der Waals surface area (Å²) >= 11 is 3.12. The van der Waals surface area contributed by atoms with Crippen LogP contribution in [0.15, 0.2) is 22.7 Å². The Hall–Kier alpha value is -1.47. The second-order valence-electron chi connectivity index (χ2n) is 5.00. The Balaban J connectivity index is 2.07. The van der Waals surface area contributed by atoms with E-state index in [2.05, 4.69) is 21.2 Å². The fraction of sp³-hybridized carbons (Fsp3) is 0.429. The third kappa shape index (κ3) is 3.59. The van der Waals surface area contributed by atoms with Crippen LogP contribution in [0.4, 0.5) is 4.39 Å². The summed E-state index contributed by atoms with van der Waals surface area (Å²) in [6.07, 6.45) is 0.709. The van der Waals surface area contributed by atoms with E-state index in [9.17, 15) is 19.1 Å². The highest BCUT2D eigenvalue weighted by Crippen LogP contribution is 2.30. The fourth-order valence-corrected chi connectivity index (χ4v) is 2.78. The van der Waals surface area contributed by atoms with Gasteiger partial charge in [0.1, 0.15) is 5.82 Å². The maximum atomic E-state index is 13.0. The molecule has 1 saturated heterocycles. The number of ether oxygens (including phenoxy) is 1. The highest BCUT2D eigenvalue weighted by Gasteiger charge is 2.40. The summed E-state index contributed by atoms with van der Waals surface area (Å²) in [5.41, 5.74) is -0.732. The van der Waals surface area contributed by atoms with E-state index < -0.39 is 23.1 Å². The zero-order valence-corrected chi connectivity index (χ0v) is 12.8. The van der Waals surface area contributed by atoms with E-state index in [0.29, 0.717) is 30.5 Å². The normalized spacial score (nSPS) is 17.2. The highest BCUT2D eigenvalue weighted by molar-refractivity contribution is 9.10. The Morgan fingerprint density at radius 1 is 1.38 bits per heavy atom. The van der Waals surface area contributed by atoms with Crippen molar-refractivity contribution in [1.82, 2.24) is 5.32 Å². The first-order chi connectivity index (χ1) is 9.94. The lowest BCUT2D eigenvalue weighted by Gasteiger charge is -2.33. The Morgan fingerprint density at radius 3 is 2.62 bits per heavy atom. The summed E-state index contributed by atoms with van der Waals surface area (Å²) < 4.78 is 18.5. The topological polar surface area (TPSA) is 75.6 Å². The van der Waals surface area contributed by atoms with E-state index in [-0.39, 0.29) is 12.1 Å². The van der Waals surface area contributed by atoms with Gasteiger partial charge < -0.3 is 15.2 Å². The van der Waals surface area contributed by atoms with Crippen molar-refractivity contribution in [3.8, 4) is 0 Å². The molecule has 1 heterocycles. The molecule has 1 fully saturated rings. The average molecular weight is 360 g/mol. The van der Waals surface area contributed by atoms with Crippen LogP contribution in [-0.4, -0.2) is 36.7 Å². The minimum Gasteiger partial charge on any atom is -0.481 e. The van der Waals surface area contributed by atoms with Gasteiger partial charge in [-0.2, -0.15) is 0 Å². The SMILES string of the molecule is O=C(NCC1(C(=O)O)CCOCC1)c1ccc(F)cc1Br. The first kappa shape index (κ1) is 15.9. The van der Waals surface area contributed by atoms with Gasteiger partial charge in [0.2, 0.25) is 0 Å². The molecule has 0 saturated carbocycles. The van der Waals surface area contributed by atoms with Crippen molar-refractivity contribution in [2.75, 3.05) is 19.8 Å². The second-order valence-corrected chi connectivity index (χ2v) is 5.86. The first-order valence-electron chi connectivity index (χ1n) is 6.49. The van der Waals surface area contributed by atoms with Crippen molar-refractivity contribution in [2.45, 2.75) is 12.8 Å². The quantitative estimate of drug-likeness (QED) is 0.863. The van der Waals surface area contributed by atoms with Gasteiger partial charge in [0.05, 0.1) is 11.0 Å². The molecule has 7 heteroatoms. The molecule has 1 aromatic rings. The van der Waals surface area contributed by atoms with Crippen LogP contribution in [0.1, 0.15) is 23.2 Å². The number of aliphatic carboxylic acids is 1. The van der Waals surface area contributed by atoms with E-state index in [4.69, 9.17) is 4.74 Å². The summed E-state index contributed by atoms with van der Waals surface area (Å²) in [6.45, 7) is 0.749.